The molecule has 102 valence electrons. The number of fused-ring (bicyclic) bond motifs is 1. The maximum Gasteiger partial charge on any atom is 0.258 e. The van der Waals surface area contributed by atoms with Crippen molar-refractivity contribution in [2.24, 2.45) is 0 Å². The summed E-state index contributed by atoms with van der Waals surface area (Å²) < 4.78 is 7.19. The molecule has 0 atom stereocenters. The number of aliphatic hydroxyl groups is 1. The Kier molecular flexibility index (Phi) is 4.58. The maximum absolute atomic E-state index is 12.2. The molecule has 0 saturated heterocycles. The van der Waals surface area contributed by atoms with Crippen LogP contribution in [-0.2, 0) is 6.54 Å². The quantitative estimate of drug-likeness (QED) is 0.867. The minimum Gasteiger partial charge on any atom is -0.494 e. The van der Waals surface area contributed by atoms with Gasteiger partial charge in [-0.3, -0.25) is 4.79 Å². The molecule has 0 aliphatic heterocycles. The number of aryl methyl sites for hydroxylation is 1. The first-order chi connectivity index (χ1) is 9.26. The lowest BCUT2D eigenvalue weighted by Crippen LogP contribution is -2.19. The second-order valence-electron chi connectivity index (χ2n) is 4.49. The van der Waals surface area contributed by atoms with E-state index < -0.39 is 0 Å². The number of pyridine rings is 1. The number of ether oxygens (including phenoxy) is 1. The van der Waals surface area contributed by atoms with E-state index in [1.165, 1.54) is 0 Å². The van der Waals surface area contributed by atoms with Crippen LogP contribution in [0.3, 0.4) is 0 Å². The van der Waals surface area contributed by atoms with Gasteiger partial charge in [0.25, 0.3) is 5.56 Å². The second-order valence-corrected chi connectivity index (χ2v) is 4.49. The number of aromatic nitrogens is 1. The van der Waals surface area contributed by atoms with E-state index in [1.54, 1.807) is 16.8 Å². The molecule has 0 aliphatic carbocycles. The van der Waals surface area contributed by atoms with Gasteiger partial charge in [0.2, 0.25) is 0 Å². The van der Waals surface area contributed by atoms with E-state index >= 15 is 0 Å². The number of benzene rings is 1. The molecule has 0 unspecified atom stereocenters. The first-order valence-corrected chi connectivity index (χ1v) is 6.63. The van der Waals surface area contributed by atoms with Gasteiger partial charge in [-0.25, -0.2) is 0 Å². The van der Waals surface area contributed by atoms with Crippen molar-refractivity contribution >= 4 is 10.8 Å². The third-order valence-electron chi connectivity index (χ3n) is 2.98. The lowest BCUT2D eigenvalue weighted by molar-refractivity contribution is 0.279. The lowest BCUT2D eigenvalue weighted by Gasteiger charge is -2.08. The normalized spacial score (nSPS) is 10.8. The van der Waals surface area contributed by atoms with Gasteiger partial charge in [0.15, 0.2) is 0 Å². The Morgan fingerprint density at radius 3 is 2.89 bits per heavy atom. The maximum atomic E-state index is 12.2. The van der Waals surface area contributed by atoms with E-state index in [1.807, 2.05) is 18.2 Å². The van der Waals surface area contributed by atoms with E-state index in [0.717, 1.165) is 17.6 Å². The Balaban J connectivity index is 2.33. The number of nitrogens with zero attached hydrogens (tertiary/aromatic N) is 1. The van der Waals surface area contributed by atoms with Crippen molar-refractivity contribution in [1.29, 1.82) is 0 Å². The van der Waals surface area contributed by atoms with Gasteiger partial charge < -0.3 is 14.4 Å². The topological polar surface area (TPSA) is 51.5 Å². The Morgan fingerprint density at radius 2 is 2.16 bits per heavy atom. The van der Waals surface area contributed by atoms with Crippen molar-refractivity contribution < 1.29 is 9.84 Å². The van der Waals surface area contributed by atoms with Crippen molar-refractivity contribution in [3.63, 3.8) is 0 Å². The van der Waals surface area contributed by atoms with Crippen LogP contribution in [0.2, 0.25) is 0 Å². The molecule has 0 fully saturated rings. The molecule has 2 aromatic rings. The molecule has 19 heavy (non-hydrogen) atoms. The summed E-state index contributed by atoms with van der Waals surface area (Å²) in [7, 11) is 0. The van der Waals surface area contributed by atoms with E-state index in [-0.39, 0.29) is 12.2 Å². The Morgan fingerprint density at radius 1 is 1.32 bits per heavy atom. The minimum absolute atomic E-state index is 0.0204. The third-order valence-corrected chi connectivity index (χ3v) is 2.98. The summed E-state index contributed by atoms with van der Waals surface area (Å²) in [5, 5.41) is 10.4. The molecule has 0 aliphatic rings. The molecule has 1 aromatic heterocycles. The number of rotatable bonds is 6. The Labute approximate surface area is 112 Å². The molecule has 1 aromatic carbocycles. The number of aliphatic hydroxyl groups excluding tert-OH is 1. The zero-order valence-electron chi connectivity index (χ0n) is 11.1. The summed E-state index contributed by atoms with van der Waals surface area (Å²) in [4.78, 5) is 12.2. The lowest BCUT2D eigenvalue weighted by atomic mass is 10.1. The van der Waals surface area contributed by atoms with E-state index in [0.29, 0.717) is 25.0 Å². The van der Waals surface area contributed by atoms with Crippen LogP contribution in [0.5, 0.6) is 5.75 Å². The molecule has 0 spiro atoms. The molecule has 0 radical (unpaired) electrons. The number of hydrogen-bond donors (Lipinski definition) is 1. The van der Waals surface area contributed by atoms with Crippen molar-refractivity contribution in [2.75, 3.05) is 13.2 Å². The molecule has 0 bridgehead atoms. The summed E-state index contributed by atoms with van der Waals surface area (Å²) >= 11 is 0. The third kappa shape index (κ3) is 3.15. The summed E-state index contributed by atoms with van der Waals surface area (Å²) in [5.74, 6) is 0.793. The fourth-order valence-corrected chi connectivity index (χ4v) is 1.99. The molecular formula is C15H19NO3. The van der Waals surface area contributed by atoms with E-state index in [4.69, 9.17) is 9.84 Å². The molecule has 1 heterocycles. The van der Waals surface area contributed by atoms with E-state index in [2.05, 4.69) is 6.92 Å². The van der Waals surface area contributed by atoms with Crippen LogP contribution >= 0.6 is 0 Å². The fourth-order valence-electron chi connectivity index (χ4n) is 1.99. The van der Waals surface area contributed by atoms with Crippen molar-refractivity contribution in [3.05, 3.63) is 40.8 Å². The fraction of sp³-hybridized carbons (Fsp3) is 0.400. The average molecular weight is 261 g/mol. The van der Waals surface area contributed by atoms with Crippen LogP contribution in [0.4, 0.5) is 0 Å². The van der Waals surface area contributed by atoms with Crippen LogP contribution in [0.15, 0.2) is 35.3 Å². The Bertz CT molecular complexity index is 604. The monoisotopic (exact) mass is 261 g/mol. The highest BCUT2D eigenvalue weighted by Gasteiger charge is 2.04. The van der Waals surface area contributed by atoms with Crippen LogP contribution in [-0.4, -0.2) is 22.9 Å². The highest BCUT2D eigenvalue weighted by atomic mass is 16.5. The SMILES string of the molecule is CCCOc1ccc2c(=O)n(CCCO)ccc2c1. The molecule has 1 N–H and O–H groups in total. The minimum atomic E-state index is -0.0204. The predicted molar refractivity (Wildman–Crippen MR) is 75.7 cm³/mol. The molecule has 4 heteroatoms. The van der Waals surface area contributed by atoms with Gasteiger partial charge in [0.1, 0.15) is 5.75 Å². The Hall–Kier alpha value is -1.81. The summed E-state index contributed by atoms with van der Waals surface area (Å²) in [6, 6.07) is 7.43. The summed E-state index contributed by atoms with van der Waals surface area (Å²) in [6.45, 7) is 3.37. The van der Waals surface area contributed by atoms with Crippen molar-refractivity contribution in [2.45, 2.75) is 26.3 Å². The standard InChI is InChI=1S/C15H19NO3/c1-2-10-19-13-4-5-14-12(11-13)6-8-16(15(14)18)7-3-9-17/h4-6,8,11,17H,2-3,7,9-10H2,1H3. The highest BCUT2D eigenvalue weighted by Crippen LogP contribution is 2.18. The first-order valence-electron chi connectivity index (χ1n) is 6.63. The van der Waals surface area contributed by atoms with Gasteiger partial charge in [-0.05, 0) is 42.5 Å². The van der Waals surface area contributed by atoms with Gasteiger partial charge in [-0.15, -0.1) is 0 Å². The predicted octanol–water partition coefficient (Wildman–Crippen LogP) is 2.17. The van der Waals surface area contributed by atoms with Gasteiger partial charge in [-0.1, -0.05) is 6.92 Å². The van der Waals surface area contributed by atoms with Crippen LogP contribution in [0.25, 0.3) is 10.8 Å². The molecule has 0 saturated carbocycles. The van der Waals surface area contributed by atoms with Crippen LogP contribution in [0.1, 0.15) is 19.8 Å². The second kappa shape index (κ2) is 6.38. The highest BCUT2D eigenvalue weighted by molar-refractivity contribution is 5.82. The first kappa shape index (κ1) is 13.6. The van der Waals surface area contributed by atoms with Gasteiger partial charge in [-0.2, -0.15) is 0 Å². The van der Waals surface area contributed by atoms with Crippen LogP contribution < -0.4 is 10.3 Å². The van der Waals surface area contributed by atoms with Crippen LogP contribution in [0, 0.1) is 0 Å². The zero-order valence-corrected chi connectivity index (χ0v) is 11.1. The molecule has 4 nitrogen and oxygen atoms in total. The number of hydrogen-bond acceptors (Lipinski definition) is 3. The van der Waals surface area contributed by atoms with Gasteiger partial charge >= 0.3 is 0 Å². The van der Waals surface area contributed by atoms with Crippen molar-refractivity contribution in [1.82, 2.24) is 4.57 Å². The smallest absolute Gasteiger partial charge is 0.258 e. The van der Waals surface area contributed by atoms with E-state index in [9.17, 15) is 4.79 Å². The largest absolute Gasteiger partial charge is 0.494 e. The average Bonchev–Trinajstić information content (AvgIpc) is 2.44. The molecular weight excluding hydrogens is 242 g/mol. The summed E-state index contributed by atoms with van der Waals surface area (Å²) in [6.07, 6.45) is 3.31. The van der Waals surface area contributed by atoms with Gasteiger partial charge in [0.05, 0.1) is 6.61 Å². The molecule has 2 rings (SSSR count). The van der Waals surface area contributed by atoms with Gasteiger partial charge in [0, 0.05) is 24.7 Å². The zero-order chi connectivity index (χ0) is 13.7. The molecule has 0 amide bonds. The summed E-state index contributed by atoms with van der Waals surface area (Å²) in [5.41, 5.74) is -0.0204. The van der Waals surface area contributed by atoms with Crippen molar-refractivity contribution in [3.8, 4) is 5.75 Å².